The van der Waals surface area contributed by atoms with E-state index in [2.05, 4.69) is 192 Å². The van der Waals surface area contributed by atoms with E-state index < -0.39 is 0 Å². The SMILES string of the molecule is CN1c2ccccc2-c2nc3ccc(Cl)cc3c3cccc1c23.COC(=O)/C=C/c1ccc2nc3c4c(cccc4c2c1)N(C)c1ccccc1-3.COC(=O)CCc1ccc2nc3c4c(cccc4c2c1)N(C)c1ccccc1-3. The second kappa shape index (κ2) is 19.7. The predicted molar refractivity (Wildman–Crippen MR) is 325 cm³/mol. The second-order valence-electron chi connectivity index (χ2n) is 19.9. The lowest BCUT2D eigenvalue weighted by molar-refractivity contribution is -0.140. The zero-order valence-corrected chi connectivity index (χ0v) is 44.8. The van der Waals surface area contributed by atoms with Crippen LogP contribution in [0.2, 0.25) is 5.02 Å². The van der Waals surface area contributed by atoms with Crippen LogP contribution in [0.4, 0.5) is 34.1 Å². The molecule has 3 aliphatic heterocycles. The van der Waals surface area contributed by atoms with Crippen LogP contribution in [0.3, 0.4) is 0 Å². The van der Waals surface area contributed by atoms with E-state index in [1.165, 1.54) is 70.2 Å². The van der Waals surface area contributed by atoms with Crippen molar-refractivity contribution in [1.29, 1.82) is 0 Å². The number of ether oxygens (including phenoxy) is 2. The number of para-hydroxylation sites is 3. The van der Waals surface area contributed by atoms with Gasteiger partial charge in [0.25, 0.3) is 0 Å². The molecule has 0 bridgehead atoms. The molecule has 0 saturated heterocycles. The molecule has 0 aliphatic carbocycles. The molecule has 10 nitrogen and oxygen atoms in total. The van der Waals surface area contributed by atoms with Gasteiger partial charge in [0.1, 0.15) is 0 Å². The predicted octanol–water partition coefficient (Wildman–Crippen LogP) is 16.4. The fourth-order valence-corrected chi connectivity index (χ4v) is 11.9. The number of carbonyl (C=O) groups excluding carboxylic acids is 2. The van der Waals surface area contributed by atoms with Crippen LogP contribution in [0.25, 0.3) is 105 Å². The maximum Gasteiger partial charge on any atom is 0.330 e. The van der Waals surface area contributed by atoms with Crippen molar-refractivity contribution in [2.75, 3.05) is 50.1 Å². The second-order valence-corrected chi connectivity index (χ2v) is 20.4. The average Bonchev–Trinajstić information content (AvgIpc) is 3.66. The van der Waals surface area contributed by atoms with E-state index in [0.717, 1.165) is 99.2 Å². The molecule has 3 aromatic heterocycles. The number of aryl methyl sites for hydroxylation is 1. The van der Waals surface area contributed by atoms with Crippen molar-refractivity contribution < 1.29 is 19.1 Å². The molecule has 0 amide bonds. The minimum atomic E-state index is -0.367. The highest BCUT2D eigenvalue weighted by atomic mass is 35.5. The Kier molecular flexibility index (Phi) is 12.2. The van der Waals surface area contributed by atoms with Gasteiger partial charge in [-0.2, -0.15) is 0 Å². The van der Waals surface area contributed by atoms with Crippen molar-refractivity contribution in [1.82, 2.24) is 15.0 Å². The highest BCUT2D eigenvalue weighted by molar-refractivity contribution is 6.32. The summed E-state index contributed by atoms with van der Waals surface area (Å²) in [5.41, 5.74) is 18.6. The Morgan fingerprint density at radius 2 is 0.873 bits per heavy atom. The lowest BCUT2D eigenvalue weighted by atomic mass is 9.93. The molecule has 0 N–H and O–H groups in total. The summed E-state index contributed by atoms with van der Waals surface area (Å²) in [5, 5.41) is 11.1. The van der Waals surface area contributed by atoms with Crippen molar-refractivity contribution in [3.05, 3.63) is 204 Å². The number of anilines is 6. The smallest absolute Gasteiger partial charge is 0.330 e. The Morgan fingerprint density at radius 1 is 0.456 bits per heavy atom. The molecule has 11 heteroatoms. The maximum atomic E-state index is 11.5. The fourth-order valence-electron chi connectivity index (χ4n) is 11.7. The van der Waals surface area contributed by atoms with Crippen molar-refractivity contribution >= 4 is 129 Å². The topological polar surface area (TPSA) is 101 Å². The first-order chi connectivity index (χ1) is 38.6. The molecule has 0 unspecified atom stereocenters. The summed E-state index contributed by atoms with van der Waals surface area (Å²) < 4.78 is 9.46. The van der Waals surface area contributed by atoms with Crippen LogP contribution < -0.4 is 14.7 Å². The van der Waals surface area contributed by atoms with Crippen LogP contribution in [-0.4, -0.2) is 62.3 Å². The van der Waals surface area contributed by atoms with Crippen LogP contribution in [0.15, 0.2) is 188 Å². The van der Waals surface area contributed by atoms with Gasteiger partial charge < -0.3 is 24.2 Å². The van der Waals surface area contributed by atoms with Crippen molar-refractivity contribution in [3.8, 4) is 33.8 Å². The zero-order valence-electron chi connectivity index (χ0n) is 44.1. The maximum absolute atomic E-state index is 11.5. The summed E-state index contributed by atoms with van der Waals surface area (Å²) in [6.07, 6.45) is 4.24. The van der Waals surface area contributed by atoms with Crippen LogP contribution in [0.5, 0.6) is 0 Å². The lowest BCUT2D eigenvalue weighted by Crippen LogP contribution is -2.15. The molecule has 15 rings (SSSR count). The third kappa shape index (κ3) is 8.31. The van der Waals surface area contributed by atoms with Crippen molar-refractivity contribution in [3.63, 3.8) is 0 Å². The van der Waals surface area contributed by atoms with E-state index in [0.29, 0.717) is 12.8 Å². The number of methoxy groups -OCH3 is 2. The summed E-state index contributed by atoms with van der Waals surface area (Å²) in [7, 11) is 9.11. The zero-order chi connectivity index (χ0) is 54.1. The van der Waals surface area contributed by atoms with Gasteiger partial charge in [0, 0.05) is 87.7 Å². The van der Waals surface area contributed by atoms with Crippen LogP contribution in [0, 0.1) is 0 Å². The molecule has 3 aliphatic rings. The van der Waals surface area contributed by atoms with Gasteiger partial charge in [-0.05, 0) is 119 Å². The molecular formula is C68H51ClN6O4. The number of halogens is 1. The Bertz CT molecular complexity index is 4560. The van der Waals surface area contributed by atoms with E-state index in [1.54, 1.807) is 6.08 Å². The summed E-state index contributed by atoms with van der Waals surface area (Å²) in [4.78, 5) is 44.7. The number of nitrogens with zero attached hydrogens (tertiary/aromatic N) is 6. The van der Waals surface area contributed by atoms with E-state index >= 15 is 0 Å². The molecule has 9 aromatic carbocycles. The van der Waals surface area contributed by atoms with Gasteiger partial charge in [0.2, 0.25) is 0 Å². The van der Waals surface area contributed by atoms with E-state index in [4.69, 9.17) is 31.3 Å². The van der Waals surface area contributed by atoms with Crippen LogP contribution >= 0.6 is 11.6 Å². The third-order valence-electron chi connectivity index (χ3n) is 15.5. The molecular weight excluding hydrogens is 1000 g/mol. The highest BCUT2D eigenvalue weighted by Crippen LogP contribution is 2.50. The Labute approximate surface area is 461 Å². The molecule has 0 spiro atoms. The van der Waals surface area contributed by atoms with Gasteiger partial charge >= 0.3 is 11.9 Å². The minimum Gasteiger partial charge on any atom is -0.469 e. The number of rotatable bonds is 5. The van der Waals surface area contributed by atoms with Gasteiger partial charge in [-0.1, -0.05) is 115 Å². The van der Waals surface area contributed by atoms with Crippen LogP contribution in [0.1, 0.15) is 17.5 Å². The Balaban J connectivity index is 0.000000113. The number of fused-ring (bicyclic) bond motifs is 12. The van der Waals surface area contributed by atoms with E-state index in [-0.39, 0.29) is 11.9 Å². The molecule has 0 saturated carbocycles. The monoisotopic (exact) mass is 1050 g/mol. The molecule has 0 radical (unpaired) electrons. The quantitative estimate of drug-likeness (QED) is 0.0941. The molecule has 79 heavy (non-hydrogen) atoms. The number of aromatic nitrogens is 3. The molecule has 0 fully saturated rings. The van der Waals surface area contributed by atoms with Gasteiger partial charge in [-0.3, -0.25) is 4.79 Å². The first kappa shape index (κ1) is 49.0. The first-order valence-electron chi connectivity index (χ1n) is 26.1. The van der Waals surface area contributed by atoms with Gasteiger partial charge in [0.15, 0.2) is 0 Å². The van der Waals surface area contributed by atoms with Crippen molar-refractivity contribution in [2.45, 2.75) is 12.8 Å². The number of hydrogen-bond acceptors (Lipinski definition) is 10. The Morgan fingerprint density at radius 3 is 1.34 bits per heavy atom. The standard InChI is InChI=1S/C24H20N2O2.C24H18N2O2.C20H13ClN2/c2*1-26-20-8-4-3-6-17(20)24-23-16(7-5-9-21(23)26)18-14-15(10-12-19(18)25-24)11-13-22(27)28-2;1-23-17-7-3-2-5-14(17)20-19-13(6-4-8-18(19)23)15-11-12(21)9-10-16(15)22-20/h3-10,12,14H,11,13H2,1-2H3;3-14H,1-2H3;2-11H,1H3/b;13-11+;. The highest BCUT2D eigenvalue weighted by Gasteiger charge is 2.27. The Hall–Kier alpha value is -9.64. The van der Waals surface area contributed by atoms with E-state index in [1.807, 2.05) is 30.3 Å². The minimum absolute atomic E-state index is 0.187. The normalized spacial score (nSPS) is 12.5. The number of hydrogen-bond donors (Lipinski definition) is 0. The molecule has 0 atom stereocenters. The average molecular weight is 1050 g/mol. The first-order valence-corrected chi connectivity index (χ1v) is 26.5. The largest absolute Gasteiger partial charge is 0.469 e. The molecule has 384 valence electrons. The summed E-state index contributed by atoms with van der Waals surface area (Å²) in [6, 6.07) is 62.6. The van der Waals surface area contributed by atoms with E-state index in [9.17, 15) is 9.59 Å². The van der Waals surface area contributed by atoms with Crippen molar-refractivity contribution in [2.24, 2.45) is 0 Å². The molecule has 6 heterocycles. The van der Waals surface area contributed by atoms with Gasteiger partial charge in [-0.15, -0.1) is 0 Å². The lowest BCUT2D eigenvalue weighted by Gasteiger charge is -2.30. The van der Waals surface area contributed by atoms with Gasteiger partial charge in [0.05, 0.1) is 82.0 Å². The number of esters is 2. The molecule has 12 aromatic rings. The summed E-state index contributed by atoms with van der Waals surface area (Å²) >= 11 is 6.22. The summed E-state index contributed by atoms with van der Waals surface area (Å²) in [5.74, 6) is -0.554. The van der Waals surface area contributed by atoms with Crippen LogP contribution in [-0.2, 0) is 25.5 Å². The fraction of sp³-hybridized carbons (Fsp3) is 0.103. The number of pyridine rings is 3. The third-order valence-corrected chi connectivity index (χ3v) is 15.8. The summed E-state index contributed by atoms with van der Waals surface area (Å²) in [6.45, 7) is 0. The number of carbonyl (C=O) groups is 2. The van der Waals surface area contributed by atoms with Gasteiger partial charge in [-0.25, -0.2) is 19.7 Å². The number of benzene rings is 9.